The maximum absolute atomic E-state index is 12.9. The van der Waals surface area contributed by atoms with Crippen molar-refractivity contribution >= 4 is 16.8 Å². The number of phenolic OH excluding ortho intramolecular Hbond substituents is 1. The molecule has 142 valence electrons. The third-order valence-electron chi connectivity index (χ3n) is 3.99. The summed E-state index contributed by atoms with van der Waals surface area (Å²) in [6.45, 7) is 4.00. The van der Waals surface area contributed by atoms with Crippen LogP contribution in [0.3, 0.4) is 0 Å². The van der Waals surface area contributed by atoms with Gasteiger partial charge in [0, 0.05) is 28.2 Å². The summed E-state index contributed by atoms with van der Waals surface area (Å²) in [5, 5.41) is 10.4. The molecule has 0 saturated carbocycles. The predicted octanol–water partition coefficient (Wildman–Crippen LogP) is 4.90. The molecule has 1 aliphatic rings. The summed E-state index contributed by atoms with van der Waals surface area (Å²) in [5.41, 5.74) is 3.47. The number of fused-ring (bicyclic) bond motifs is 1. The number of halogens is 3. The first kappa shape index (κ1) is 18.8. The molecular formula is C19H18F3N3O2. The van der Waals surface area contributed by atoms with E-state index in [2.05, 4.69) is 15.5 Å². The molecule has 1 aromatic heterocycles. The van der Waals surface area contributed by atoms with Gasteiger partial charge in [-0.05, 0) is 30.3 Å². The summed E-state index contributed by atoms with van der Waals surface area (Å²) in [7, 11) is 0. The van der Waals surface area contributed by atoms with E-state index < -0.39 is 23.7 Å². The molecule has 5 nitrogen and oxygen atoms in total. The van der Waals surface area contributed by atoms with Crippen molar-refractivity contribution in [1.29, 1.82) is 0 Å². The van der Waals surface area contributed by atoms with Crippen molar-refractivity contribution in [2.24, 2.45) is 4.99 Å². The average Bonchev–Trinajstić information content (AvgIpc) is 3.32. The summed E-state index contributed by atoms with van der Waals surface area (Å²) in [4.78, 5) is 12.7. The number of aromatic amines is 1. The number of benzene rings is 2. The van der Waals surface area contributed by atoms with Crippen LogP contribution in [-0.2, 0) is 11.0 Å². The Morgan fingerprint density at radius 1 is 1.11 bits per heavy atom. The average molecular weight is 377 g/mol. The fourth-order valence-corrected chi connectivity index (χ4v) is 2.79. The van der Waals surface area contributed by atoms with E-state index >= 15 is 0 Å². The van der Waals surface area contributed by atoms with Gasteiger partial charge < -0.3 is 14.9 Å². The highest BCUT2D eigenvalue weighted by molar-refractivity contribution is 5.95. The van der Waals surface area contributed by atoms with Crippen molar-refractivity contribution in [3.05, 3.63) is 65.4 Å². The molecule has 0 fully saturated rings. The lowest BCUT2D eigenvalue weighted by molar-refractivity contribution is -0.138. The molecule has 1 unspecified atom stereocenters. The number of H-pyrrole nitrogens is 1. The predicted molar refractivity (Wildman–Crippen MR) is 96.3 cm³/mol. The number of aromatic hydroxyl groups is 1. The van der Waals surface area contributed by atoms with Gasteiger partial charge in [0.05, 0.1) is 5.56 Å². The molecule has 0 radical (unpaired) electrons. The minimum Gasteiger partial charge on any atom is -0.507 e. The van der Waals surface area contributed by atoms with Crippen molar-refractivity contribution in [3.8, 4) is 5.75 Å². The van der Waals surface area contributed by atoms with E-state index in [-0.39, 0.29) is 11.5 Å². The molecule has 0 saturated heterocycles. The summed E-state index contributed by atoms with van der Waals surface area (Å²) in [5.74, 6) is -0.806. The monoisotopic (exact) mass is 377 g/mol. The first-order valence-electron chi connectivity index (χ1n) is 8.40. The molecule has 4 rings (SSSR count). The van der Waals surface area contributed by atoms with Crippen LogP contribution in [0.2, 0.25) is 0 Å². The fourth-order valence-electron chi connectivity index (χ4n) is 2.79. The van der Waals surface area contributed by atoms with Gasteiger partial charge in [-0.2, -0.15) is 13.2 Å². The number of rotatable bonds is 2. The number of hydrogen-bond acceptors (Lipinski definition) is 4. The molecule has 0 amide bonds. The Hall–Kier alpha value is -3.00. The van der Waals surface area contributed by atoms with Crippen LogP contribution >= 0.6 is 0 Å². The molecule has 27 heavy (non-hydrogen) atoms. The van der Waals surface area contributed by atoms with Gasteiger partial charge in [0.1, 0.15) is 5.75 Å². The van der Waals surface area contributed by atoms with Gasteiger partial charge in [-0.25, -0.2) is 4.99 Å². The minimum atomic E-state index is -4.66. The first-order valence-corrected chi connectivity index (χ1v) is 8.40. The Kier molecular flexibility index (Phi) is 5.09. The van der Waals surface area contributed by atoms with Crippen LogP contribution < -0.4 is 5.48 Å². The van der Waals surface area contributed by atoms with E-state index in [1.165, 1.54) is 6.07 Å². The molecule has 3 N–H and O–H groups in total. The highest BCUT2D eigenvalue weighted by Gasteiger charge is 2.35. The Labute approximate surface area is 153 Å². The van der Waals surface area contributed by atoms with E-state index in [0.717, 1.165) is 28.6 Å². The molecule has 2 heterocycles. The Bertz CT molecular complexity index is 980. The van der Waals surface area contributed by atoms with Gasteiger partial charge in [-0.1, -0.05) is 26.0 Å². The second kappa shape index (κ2) is 7.32. The van der Waals surface area contributed by atoms with E-state index in [4.69, 9.17) is 4.84 Å². The minimum absolute atomic E-state index is 0.0306. The van der Waals surface area contributed by atoms with E-state index in [1.54, 1.807) is 6.20 Å². The normalized spacial score (nSPS) is 16.5. The highest BCUT2D eigenvalue weighted by Crippen LogP contribution is 2.37. The molecule has 0 spiro atoms. The number of aliphatic imine (C=N–C) groups is 1. The third kappa shape index (κ3) is 3.61. The second-order valence-electron chi connectivity index (χ2n) is 5.57. The third-order valence-corrected chi connectivity index (χ3v) is 3.99. The quantitative estimate of drug-likeness (QED) is 0.595. The summed E-state index contributed by atoms with van der Waals surface area (Å²) in [6.07, 6.45) is -3.41. The topological polar surface area (TPSA) is 69.6 Å². The lowest BCUT2D eigenvalue weighted by atomic mass is 10.1. The fraction of sp³-hybridized carbons (Fsp3) is 0.211. The first-order chi connectivity index (χ1) is 12.9. The zero-order valence-corrected chi connectivity index (χ0v) is 14.6. The van der Waals surface area contributed by atoms with Crippen molar-refractivity contribution in [1.82, 2.24) is 10.5 Å². The number of phenols is 1. The Morgan fingerprint density at radius 2 is 1.89 bits per heavy atom. The van der Waals surface area contributed by atoms with Crippen LogP contribution in [0.15, 0.2) is 53.7 Å². The van der Waals surface area contributed by atoms with Crippen LogP contribution in [0.4, 0.5) is 13.2 Å². The number of nitrogens with one attached hydrogen (secondary N) is 2. The lowest BCUT2D eigenvalue weighted by Crippen LogP contribution is -2.15. The van der Waals surface area contributed by atoms with Crippen LogP contribution in [0, 0.1) is 0 Å². The smallest absolute Gasteiger partial charge is 0.419 e. The van der Waals surface area contributed by atoms with Crippen molar-refractivity contribution in [3.63, 3.8) is 0 Å². The molecular weight excluding hydrogens is 359 g/mol. The van der Waals surface area contributed by atoms with Crippen LogP contribution in [0.1, 0.15) is 36.7 Å². The molecule has 0 bridgehead atoms. The van der Waals surface area contributed by atoms with Crippen molar-refractivity contribution in [2.75, 3.05) is 0 Å². The van der Waals surface area contributed by atoms with Gasteiger partial charge >= 0.3 is 6.18 Å². The van der Waals surface area contributed by atoms with Gasteiger partial charge in [0.2, 0.25) is 5.90 Å². The van der Waals surface area contributed by atoms with Gasteiger partial charge in [0.25, 0.3) is 0 Å². The maximum Gasteiger partial charge on any atom is 0.419 e. The second-order valence-corrected chi connectivity index (χ2v) is 5.57. The zero-order valence-electron chi connectivity index (χ0n) is 14.6. The number of alkyl halides is 3. The van der Waals surface area contributed by atoms with Crippen molar-refractivity contribution in [2.45, 2.75) is 26.2 Å². The van der Waals surface area contributed by atoms with Gasteiger partial charge in [-0.3, -0.25) is 0 Å². The Morgan fingerprint density at radius 3 is 2.63 bits per heavy atom. The zero-order chi connectivity index (χ0) is 19.6. The van der Waals surface area contributed by atoms with Crippen LogP contribution in [0.5, 0.6) is 5.75 Å². The van der Waals surface area contributed by atoms with Crippen LogP contribution in [-0.4, -0.2) is 16.0 Å². The molecule has 3 aromatic rings. The van der Waals surface area contributed by atoms with Gasteiger partial charge in [0.15, 0.2) is 6.17 Å². The van der Waals surface area contributed by atoms with Crippen LogP contribution in [0.25, 0.3) is 10.9 Å². The van der Waals surface area contributed by atoms with E-state index in [9.17, 15) is 18.3 Å². The molecule has 1 atom stereocenters. The van der Waals surface area contributed by atoms with E-state index in [1.807, 2.05) is 38.1 Å². The molecule has 1 aliphatic heterocycles. The number of nitrogens with zero attached hydrogens (tertiary/aromatic N) is 1. The number of hydroxylamine groups is 1. The molecule has 2 aromatic carbocycles. The number of hydrogen-bond donors (Lipinski definition) is 3. The van der Waals surface area contributed by atoms with Crippen molar-refractivity contribution < 1.29 is 23.1 Å². The lowest BCUT2D eigenvalue weighted by Gasteiger charge is -2.10. The SMILES string of the molecule is CC.Oc1ccc(C2=NC(c3cccc4[nH]ccc34)NO2)cc1C(F)(F)F. The summed E-state index contributed by atoms with van der Waals surface area (Å²) >= 11 is 0. The van der Waals surface area contributed by atoms with Gasteiger partial charge in [-0.15, -0.1) is 5.48 Å². The summed E-state index contributed by atoms with van der Waals surface area (Å²) < 4.78 is 38.8. The highest BCUT2D eigenvalue weighted by atomic mass is 19.4. The maximum atomic E-state index is 12.9. The Balaban J connectivity index is 0.00000102. The molecule has 8 heteroatoms. The molecule has 0 aliphatic carbocycles. The standard InChI is InChI=1S/C17H12F3N3O2.C2H6/c18-17(19,20)12-8-9(4-5-14(12)24)16-22-15(23-25-16)11-2-1-3-13-10(11)6-7-21-13;1-2/h1-8,15,21,23-24H;1-2H3. The van der Waals surface area contributed by atoms with E-state index in [0.29, 0.717) is 0 Å². The largest absolute Gasteiger partial charge is 0.507 e. The summed E-state index contributed by atoms with van der Waals surface area (Å²) in [6, 6.07) is 10.6. The number of aromatic nitrogens is 1.